The third-order valence-electron chi connectivity index (χ3n) is 2.94. The minimum absolute atomic E-state index is 0.606. The number of rotatable bonds is 4. The first-order chi connectivity index (χ1) is 10.9. The van der Waals surface area contributed by atoms with E-state index in [1.807, 2.05) is 12.3 Å². The second-order valence-electron chi connectivity index (χ2n) is 4.71. The molecule has 9 heteroatoms. The predicted octanol–water partition coefficient (Wildman–Crippen LogP) is 4.55. The molecular formula is C14H11F3N4S2. The molecule has 4 nitrogen and oxygen atoms in total. The summed E-state index contributed by atoms with van der Waals surface area (Å²) < 4.78 is 37.7. The molecule has 0 spiro atoms. The summed E-state index contributed by atoms with van der Waals surface area (Å²) in [6.07, 6.45) is -4.32. The molecule has 0 bridgehead atoms. The summed E-state index contributed by atoms with van der Waals surface area (Å²) in [7, 11) is 0. The molecule has 0 amide bonds. The van der Waals surface area contributed by atoms with Crippen molar-refractivity contribution >= 4 is 23.1 Å². The van der Waals surface area contributed by atoms with Gasteiger partial charge in [-0.25, -0.2) is 9.97 Å². The van der Waals surface area contributed by atoms with Gasteiger partial charge in [0.25, 0.3) is 0 Å². The highest BCUT2D eigenvalue weighted by Gasteiger charge is 2.30. The molecule has 0 fully saturated rings. The van der Waals surface area contributed by atoms with Gasteiger partial charge in [0.1, 0.15) is 10.8 Å². The number of aromatic amines is 1. The molecule has 3 aromatic rings. The molecule has 0 aliphatic rings. The van der Waals surface area contributed by atoms with E-state index in [0.29, 0.717) is 21.5 Å². The van der Waals surface area contributed by atoms with Crippen molar-refractivity contribution in [1.82, 2.24) is 20.2 Å². The Morgan fingerprint density at radius 1 is 1.17 bits per heavy atom. The Labute approximate surface area is 138 Å². The number of halogens is 3. The van der Waals surface area contributed by atoms with E-state index in [0.717, 1.165) is 23.7 Å². The lowest BCUT2D eigenvalue weighted by Gasteiger charge is -2.06. The van der Waals surface area contributed by atoms with Crippen LogP contribution in [-0.4, -0.2) is 20.2 Å². The Kier molecular flexibility index (Phi) is 4.40. The predicted molar refractivity (Wildman–Crippen MR) is 83.2 cm³/mol. The maximum atomic E-state index is 12.6. The fourth-order valence-corrected chi connectivity index (χ4v) is 3.50. The number of hydrogen-bond acceptors (Lipinski definition) is 5. The summed E-state index contributed by atoms with van der Waals surface area (Å²) in [5.74, 6) is 1.35. The molecule has 23 heavy (non-hydrogen) atoms. The van der Waals surface area contributed by atoms with Crippen molar-refractivity contribution in [2.75, 3.05) is 0 Å². The molecule has 120 valence electrons. The topological polar surface area (TPSA) is 54.5 Å². The number of thiazole rings is 1. The molecule has 0 aliphatic carbocycles. The van der Waals surface area contributed by atoms with Gasteiger partial charge in [-0.05, 0) is 19.1 Å². The molecule has 2 aromatic heterocycles. The standard InChI is InChI=1S/C14H11F3N4S2/c1-8-18-13(21-20-8)23-7-11-6-22-12(19-11)9-2-4-10(5-3-9)14(15,16)17/h2-6H,7H2,1H3,(H,18,20,21). The van der Waals surface area contributed by atoms with Crippen LogP contribution in [0, 0.1) is 6.92 Å². The SMILES string of the molecule is Cc1nc(SCc2csc(-c3ccc(C(F)(F)F)cc3)n2)n[nH]1. The Morgan fingerprint density at radius 2 is 1.91 bits per heavy atom. The van der Waals surface area contributed by atoms with Gasteiger partial charge in [0.2, 0.25) is 5.16 Å². The van der Waals surface area contributed by atoms with Crippen LogP contribution in [0.4, 0.5) is 13.2 Å². The zero-order valence-corrected chi connectivity index (χ0v) is 13.5. The third kappa shape index (κ3) is 3.91. The lowest BCUT2D eigenvalue weighted by Crippen LogP contribution is -2.03. The van der Waals surface area contributed by atoms with Gasteiger partial charge in [-0.2, -0.15) is 13.2 Å². The van der Waals surface area contributed by atoms with Crippen LogP contribution in [0.5, 0.6) is 0 Å². The quantitative estimate of drug-likeness (QED) is 0.697. The zero-order valence-electron chi connectivity index (χ0n) is 11.9. The third-order valence-corrected chi connectivity index (χ3v) is 4.76. The Morgan fingerprint density at radius 3 is 2.52 bits per heavy atom. The Balaban J connectivity index is 1.69. The molecular weight excluding hydrogens is 345 g/mol. The number of aryl methyl sites for hydroxylation is 1. The Bertz CT molecular complexity index is 793. The molecule has 2 heterocycles. The smallest absolute Gasteiger partial charge is 0.262 e. The van der Waals surface area contributed by atoms with Gasteiger partial charge in [-0.15, -0.1) is 16.4 Å². The highest BCUT2D eigenvalue weighted by molar-refractivity contribution is 7.98. The average Bonchev–Trinajstić information content (AvgIpc) is 3.13. The highest BCUT2D eigenvalue weighted by Crippen LogP contribution is 2.32. The minimum atomic E-state index is -4.32. The van der Waals surface area contributed by atoms with Crippen molar-refractivity contribution in [2.24, 2.45) is 0 Å². The number of benzene rings is 1. The van der Waals surface area contributed by atoms with E-state index in [1.54, 1.807) is 0 Å². The summed E-state index contributed by atoms with van der Waals surface area (Å²) in [6, 6.07) is 5.03. The van der Waals surface area contributed by atoms with Crippen molar-refractivity contribution < 1.29 is 13.2 Å². The first-order valence-corrected chi connectivity index (χ1v) is 8.42. The van der Waals surface area contributed by atoms with E-state index in [1.165, 1.54) is 35.2 Å². The van der Waals surface area contributed by atoms with Gasteiger partial charge in [-0.3, -0.25) is 5.10 Å². The van der Waals surface area contributed by atoms with Crippen LogP contribution < -0.4 is 0 Å². The van der Waals surface area contributed by atoms with Crippen molar-refractivity contribution in [3.63, 3.8) is 0 Å². The maximum absolute atomic E-state index is 12.6. The van der Waals surface area contributed by atoms with E-state index in [4.69, 9.17) is 0 Å². The van der Waals surface area contributed by atoms with Gasteiger partial charge in [-0.1, -0.05) is 23.9 Å². The molecule has 1 N–H and O–H groups in total. The maximum Gasteiger partial charge on any atom is 0.416 e. The molecule has 0 radical (unpaired) electrons. The number of thioether (sulfide) groups is 1. The zero-order chi connectivity index (χ0) is 16.4. The lowest BCUT2D eigenvalue weighted by molar-refractivity contribution is -0.137. The van der Waals surface area contributed by atoms with Gasteiger partial charge >= 0.3 is 6.18 Å². The second-order valence-corrected chi connectivity index (χ2v) is 6.51. The number of hydrogen-bond donors (Lipinski definition) is 1. The van der Waals surface area contributed by atoms with Crippen molar-refractivity contribution in [1.29, 1.82) is 0 Å². The van der Waals surface area contributed by atoms with E-state index >= 15 is 0 Å². The molecule has 0 aliphatic heterocycles. The van der Waals surface area contributed by atoms with Gasteiger partial charge < -0.3 is 0 Å². The van der Waals surface area contributed by atoms with Crippen molar-refractivity contribution in [2.45, 2.75) is 24.0 Å². The van der Waals surface area contributed by atoms with Gasteiger partial charge in [0.15, 0.2) is 0 Å². The van der Waals surface area contributed by atoms with Crippen LogP contribution >= 0.6 is 23.1 Å². The number of nitrogens with one attached hydrogen (secondary N) is 1. The van der Waals surface area contributed by atoms with E-state index < -0.39 is 11.7 Å². The first-order valence-electron chi connectivity index (χ1n) is 6.55. The molecule has 0 atom stereocenters. The summed E-state index contributed by atoms with van der Waals surface area (Å²) in [4.78, 5) is 8.63. The largest absolute Gasteiger partial charge is 0.416 e. The summed E-state index contributed by atoms with van der Waals surface area (Å²) in [5, 5.41) is 10.0. The van der Waals surface area contributed by atoms with Crippen LogP contribution in [0.15, 0.2) is 34.8 Å². The first kappa shape index (κ1) is 16.0. The van der Waals surface area contributed by atoms with E-state index in [2.05, 4.69) is 20.2 Å². The monoisotopic (exact) mass is 356 g/mol. The number of alkyl halides is 3. The second kappa shape index (κ2) is 6.32. The fraction of sp³-hybridized carbons (Fsp3) is 0.214. The van der Waals surface area contributed by atoms with E-state index in [9.17, 15) is 13.2 Å². The highest BCUT2D eigenvalue weighted by atomic mass is 32.2. The van der Waals surface area contributed by atoms with Crippen LogP contribution in [0.2, 0.25) is 0 Å². The molecule has 0 unspecified atom stereocenters. The molecule has 0 saturated carbocycles. The summed E-state index contributed by atoms with van der Waals surface area (Å²) in [6.45, 7) is 1.82. The van der Waals surface area contributed by atoms with E-state index in [-0.39, 0.29) is 0 Å². The van der Waals surface area contributed by atoms with Gasteiger partial charge in [0, 0.05) is 16.7 Å². The Hall–Kier alpha value is -1.87. The number of H-pyrrole nitrogens is 1. The van der Waals surface area contributed by atoms with Crippen molar-refractivity contribution in [3.05, 3.63) is 46.7 Å². The van der Waals surface area contributed by atoms with Crippen LogP contribution in [0.25, 0.3) is 10.6 Å². The fourth-order valence-electron chi connectivity index (χ4n) is 1.83. The normalized spacial score (nSPS) is 11.8. The van der Waals surface area contributed by atoms with Crippen molar-refractivity contribution in [3.8, 4) is 10.6 Å². The van der Waals surface area contributed by atoms with Crippen LogP contribution in [0.3, 0.4) is 0 Å². The molecule has 0 saturated heterocycles. The number of aromatic nitrogens is 4. The molecule has 3 rings (SSSR count). The van der Waals surface area contributed by atoms with Gasteiger partial charge in [0.05, 0.1) is 11.3 Å². The minimum Gasteiger partial charge on any atom is -0.262 e. The lowest BCUT2D eigenvalue weighted by atomic mass is 10.1. The summed E-state index contributed by atoms with van der Waals surface area (Å²) >= 11 is 2.85. The van der Waals surface area contributed by atoms with Crippen LogP contribution in [-0.2, 0) is 11.9 Å². The molecule has 1 aromatic carbocycles. The number of nitrogens with zero attached hydrogens (tertiary/aromatic N) is 3. The van der Waals surface area contributed by atoms with Crippen LogP contribution in [0.1, 0.15) is 17.1 Å². The average molecular weight is 356 g/mol. The summed E-state index contributed by atoms with van der Waals surface area (Å²) in [5.41, 5.74) is 0.860.